The van der Waals surface area contributed by atoms with Crippen LogP contribution in [-0.2, 0) is 6.18 Å². The first-order chi connectivity index (χ1) is 8.39. The van der Waals surface area contributed by atoms with Gasteiger partial charge in [-0.05, 0) is 23.8 Å². The highest BCUT2D eigenvalue weighted by atomic mass is 35.5. The molecule has 0 spiro atoms. The highest BCUT2D eigenvalue weighted by molar-refractivity contribution is 6.33. The number of nitrogens with zero attached hydrogens (tertiary/aromatic N) is 1. The summed E-state index contributed by atoms with van der Waals surface area (Å²) < 4.78 is 37.8. The number of hydrogen-bond acceptors (Lipinski definition) is 2. The number of hydrogen-bond donors (Lipinski definition) is 1. The monoisotopic (exact) mass is 272 g/mol. The lowest BCUT2D eigenvalue weighted by Gasteiger charge is -2.11. The Balaban J connectivity index is 2.59. The largest absolute Gasteiger partial charge is 0.416 e. The van der Waals surface area contributed by atoms with Crippen molar-refractivity contribution in [1.29, 1.82) is 0 Å². The first-order valence-electron chi connectivity index (χ1n) is 4.97. The van der Waals surface area contributed by atoms with E-state index in [1.165, 1.54) is 24.4 Å². The van der Waals surface area contributed by atoms with Crippen LogP contribution in [0.5, 0.6) is 0 Å². The summed E-state index contributed by atoms with van der Waals surface area (Å²) in [6.07, 6.45) is -3.01. The summed E-state index contributed by atoms with van der Waals surface area (Å²) in [7, 11) is 0. The van der Waals surface area contributed by atoms with Crippen molar-refractivity contribution in [2.24, 2.45) is 0 Å². The average molecular weight is 273 g/mol. The van der Waals surface area contributed by atoms with Crippen molar-refractivity contribution in [2.45, 2.75) is 6.18 Å². The van der Waals surface area contributed by atoms with E-state index < -0.39 is 11.7 Å². The van der Waals surface area contributed by atoms with Gasteiger partial charge in [0.2, 0.25) is 0 Å². The number of nitrogen functional groups attached to an aromatic ring is 1. The van der Waals surface area contributed by atoms with Crippen LogP contribution in [0.25, 0.3) is 11.1 Å². The van der Waals surface area contributed by atoms with Gasteiger partial charge in [0.15, 0.2) is 0 Å². The lowest BCUT2D eigenvalue weighted by Crippen LogP contribution is -2.05. The van der Waals surface area contributed by atoms with Gasteiger partial charge in [0.05, 0.1) is 10.6 Å². The molecular formula is C12H8ClF3N2. The minimum atomic E-state index is -4.40. The standard InChI is InChI=1S/C12H8ClF3N2/c13-9-4-5-18-11(17)10(9)7-2-1-3-8(6-7)12(14,15)16/h1-6H,(H2,17,18). The number of alkyl halides is 3. The minimum absolute atomic E-state index is 0.0989. The molecule has 0 saturated heterocycles. The van der Waals surface area contributed by atoms with Gasteiger partial charge in [0, 0.05) is 11.8 Å². The van der Waals surface area contributed by atoms with E-state index in [1.54, 1.807) is 0 Å². The van der Waals surface area contributed by atoms with Crippen LogP contribution in [-0.4, -0.2) is 4.98 Å². The Morgan fingerprint density at radius 3 is 2.50 bits per heavy atom. The van der Waals surface area contributed by atoms with Gasteiger partial charge >= 0.3 is 6.18 Å². The molecular weight excluding hydrogens is 265 g/mol. The second kappa shape index (κ2) is 4.49. The molecule has 0 saturated carbocycles. The fourth-order valence-electron chi connectivity index (χ4n) is 1.59. The van der Waals surface area contributed by atoms with E-state index in [0.29, 0.717) is 11.1 Å². The fraction of sp³-hybridized carbons (Fsp3) is 0.0833. The number of pyridine rings is 1. The maximum Gasteiger partial charge on any atom is 0.416 e. The van der Waals surface area contributed by atoms with Gasteiger partial charge in [-0.3, -0.25) is 0 Å². The van der Waals surface area contributed by atoms with E-state index in [-0.39, 0.29) is 10.8 Å². The second-order valence-corrected chi connectivity index (χ2v) is 4.04. The predicted molar refractivity (Wildman–Crippen MR) is 64.1 cm³/mol. The van der Waals surface area contributed by atoms with Crippen LogP contribution in [0.4, 0.5) is 19.0 Å². The van der Waals surface area contributed by atoms with E-state index in [9.17, 15) is 13.2 Å². The minimum Gasteiger partial charge on any atom is -0.383 e. The quantitative estimate of drug-likeness (QED) is 0.852. The molecule has 2 nitrogen and oxygen atoms in total. The Morgan fingerprint density at radius 1 is 1.17 bits per heavy atom. The molecule has 1 aromatic heterocycles. The molecule has 1 aromatic carbocycles. The molecule has 0 atom stereocenters. The number of nitrogens with two attached hydrogens (primary N) is 1. The van der Waals surface area contributed by atoms with E-state index >= 15 is 0 Å². The van der Waals surface area contributed by atoms with Crippen LogP contribution in [0.15, 0.2) is 36.5 Å². The van der Waals surface area contributed by atoms with Crippen molar-refractivity contribution in [2.75, 3.05) is 5.73 Å². The molecule has 0 radical (unpaired) electrons. The van der Waals surface area contributed by atoms with Gasteiger partial charge in [0.25, 0.3) is 0 Å². The molecule has 6 heteroatoms. The molecule has 2 rings (SSSR count). The fourth-order valence-corrected chi connectivity index (χ4v) is 1.85. The lowest BCUT2D eigenvalue weighted by atomic mass is 10.0. The summed E-state index contributed by atoms with van der Waals surface area (Å²) in [5.41, 5.74) is 5.49. The SMILES string of the molecule is Nc1nccc(Cl)c1-c1cccc(C(F)(F)F)c1. The van der Waals surface area contributed by atoms with Gasteiger partial charge in [-0.25, -0.2) is 4.98 Å². The van der Waals surface area contributed by atoms with Crippen LogP contribution in [0.2, 0.25) is 5.02 Å². The van der Waals surface area contributed by atoms with Crippen molar-refractivity contribution in [3.63, 3.8) is 0 Å². The number of rotatable bonds is 1. The maximum atomic E-state index is 12.6. The number of aromatic nitrogens is 1. The topological polar surface area (TPSA) is 38.9 Å². The molecule has 1 heterocycles. The van der Waals surface area contributed by atoms with Gasteiger partial charge in [-0.1, -0.05) is 23.7 Å². The summed E-state index contributed by atoms with van der Waals surface area (Å²) in [4.78, 5) is 3.82. The highest BCUT2D eigenvalue weighted by Gasteiger charge is 2.30. The van der Waals surface area contributed by atoms with Crippen molar-refractivity contribution in [1.82, 2.24) is 4.98 Å². The van der Waals surface area contributed by atoms with Crippen molar-refractivity contribution in [3.05, 3.63) is 47.1 Å². The zero-order chi connectivity index (χ0) is 13.3. The summed E-state index contributed by atoms with van der Waals surface area (Å²) >= 11 is 5.93. The molecule has 18 heavy (non-hydrogen) atoms. The molecule has 0 aliphatic rings. The van der Waals surface area contributed by atoms with E-state index in [1.807, 2.05) is 0 Å². The lowest BCUT2D eigenvalue weighted by molar-refractivity contribution is -0.137. The zero-order valence-electron chi connectivity index (χ0n) is 9.00. The smallest absolute Gasteiger partial charge is 0.383 e. The zero-order valence-corrected chi connectivity index (χ0v) is 9.76. The van der Waals surface area contributed by atoms with Crippen LogP contribution in [0.1, 0.15) is 5.56 Å². The van der Waals surface area contributed by atoms with Crippen molar-refractivity contribution < 1.29 is 13.2 Å². The Kier molecular flexibility index (Phi) is 3.17. The summed E-state index contributed by atoms with van der Waals surface area (Å²) in [5, 5.41) is 0.266. The predicted octanol–water partition coefficient (Wildman–Crippen LogP) is 4.00. The van der Waals surface area contributed by atoms with Crippen molar-refractivity contribution >= 4 is 17.4 Å². The third-order valence-corrected chi connectivity index (χ3v) is 2.72. The average Bonchev–Trinajstić information content (AvgIpc) is 2.28. The van der Waals surface area contributed by atoms with Gasteiger partial charge in [-0.2, -0.15) is 13.2 Å². The molecule has 0 aliphatic carbocycles. The molecule has 0 bridgehead atoms. The molecule has 0 fully saturated rings. The normalized spacial score (nSPS) is 11.6. The molecule has 0 unspecified atom stereocenters. The van der Waals surface area contributed by atoms with E-state index in [4.69, 9.17) is 17.3 Å². The Labute approximate surface area is 106 Å². The van der Waals surface area contributed by atoms with E-state index in [0.717, 1.165) is 12.1 Å². The Hall–Kier alpha value is -1.75. The summed E-state index contributed by atoms with van der Waals surface area (Å²) in [5.74, 6) is 0.0989. The number of halogens is 4. The summed E-state index contributed by atoms with van der Waals surface area (Å²) in [6.45, 7) is 0. The van der Waals surface area contributed by atoms with Gasteiger partial charge in [-0.15, -0.1) is 0 Å². The van der Waals surface area contributed by atoms with Gasteiger partial charge < -0.3 is 5.73 Å². The van der Waals surface area contributed by atoms with E-state index in [2.05, 4.69) is 4.98 Å². The third kappa shape index (κ3) is 2.41. The molecule has 0 aliphatic heterocycles. The molecule has 0 amide bonds. The second-order valence-electron chi connectivity index (χ2n) is 3.63. The van der Waals surface area contributed by atoms with Crippen LogP contribution < -0.4 is 5.73 Å². The van der Waals surface area contributed by atoms with Crippen LogP contribution in [0.3, 0.4) is 0 Å². The number of benzene rings is 1. The molecule has 2 aromatic rings. The summed E-state index contributed by atoms with van der Waals surface area (Å²) in [6, 6.07) is 6.28. The van der Waals surface area contributed by atoms with Crippen LogP contribution >= 0.6 is 11.6 Å². The van der Waals surface area contributed by atoms with Gasteiger partial charge in [0.1, 0.15) is 5.82 Å². The maximum absolute atomic E-state index is 12.6. The highest BCUT2D eigenvalue weighted by Crippen LogP contribution is 2.36. The first-order valence-corrected chi connectivity index (χ1v) is 5.35. The third-order valence-electron chi connectivity index (χ3n) is 2.41. The van der Waals surface area contributed by atoms with Crippen LogP contribution in [0, 0.1) is 0 Å². The Morgan fingerprint density at radius 2 is 1.89 bits per heavy atom. The Bertz CT molecular complexity index is 562. The molecule has 2 N–H and O–H groups in total. The number of anilines is 1. The van der Waals surface area contributed by atoms with Crippen molar-refractivity contribution in [3.8, 4) is 11.1 Å². The molecule has 94 valence electrons. The first kappa shape index (κ1) is 12.7.